The average molecular weight is 289 g/mol. The zero-order chi connectivity index (χ0) is 15.2. The molecule has 2 aromatic rings. The van der Waals surface area contributed by atoms with Crippen LogP contribution in [0.5, 0.6) is 5.75 Å². The van der Waals surface area contributed by atoms with Crippen LogP contribution >= 0.6 is 0 Å². The first kappa shape index (κ1) is 15.5. The van der Waals surface area contributed by atoms with Gasteiger partial charge in [0, 0.05) is 18.7 Å². The molecule has 1 atom stereocenters. The lowest BCUT2D eigenvalue weighted by molar-refractivity contribution is 0.202. The van der Waals surface area contributed by atoms with Crippen molar-refractivity contribution in [2.24, 2.45) is 5.73 Å². The largest absolute Gasteiger partial charge is 0.497 e. The van der Waals surface area contributed by atoms with E-state index in [4.69, 9.17) is 15.2 Å². The summed E-state index contributed by atoms with van der Waals surface area (Å²) in [5, 5.41) is 0. The van der Waals surface area contributed by atoms with Gasteiger partial charge in [0.1, 0.15) is 11.6 Å². The Bertz CT molecular complexity index is 584. The number of hydrogen-bond donors (Lipinski definition) is 1. The van der Waals surface area contributed by atoms with Gasteiger partial charge in [-0.15, -0.1) is 0 Å². The molecule has 0 bridgehead atoms. The Morgan fingerprint density at radius 3 is 2.38 bits per heavy atom. The minimum atomic E-state index is -0.493. The number of benzene rings is 2. The van der Waals surface area contributed by atoms with Gasteiger partial charge in [0.2, 0.25) is 0 Å². The first-order chi connectivity index (χ1) is 10.2. The third-order valence-corrected chi connectivity index (χ3v) is 3.48. The summed E-state index contributed by atoms with van der Waals surface area (Å²) in [5.74, 6) is 0.128. The van der Waals surface area contributed by atoms with Crippen LogP contribution in [0.3, 0.4) is 0 Å². The van der Waals surface area contributed by atoms with Gasteiger partial charge in [0.25, 0.3) is 0 Å². The van der Waals surface area contributed by atoms with Crippen molar-refractivity contribution < 1.29 is 13.9 Å². The monoisotopic (exact) mass is 289 g/mol. The van der Waals surface area contributed by atoms with E-state index in [1.807, 2.05) is 24.3 Å². The summed E-state index contributed by atoms with van der Waals surface area (Å²) >= 11 is 0. The molecule has 2 aromatic carbocycles. The smallest absolute Gasteiger partial charge is 0.132 e. The predicted octanol–water partition coefficient (Wildman–Crippen LogP) is 3.07. The lowest BCUT2D eigenvalue weighted by Crippen LogP contribution is -2.13. The second-order valence-electron chi connectivity index (χ2n) is 4.85. The summed E-state index contributed by atoms with van der Waals surface area (Å²) in [6.45, 7) is 0.679. The molecule has 112 valence electrons. The van der Waals surface area contributed by atoms with Crippen molar-refractivity contribution in [3.8, 4) is 5.75 Å². The molecule has 2 N–H and O–H groups in total. The number of hydrogen-bond acceptors (Lipinski definition) is 3. The molecule has 0 aliphatic rings. The molecule has 0 fully saturated rings. The Morgan fingerprint density at radius 2 is 1.81 bits per heavy atom. The maximum absolute atomic E-state index is 14.0. The van der Waals surface area contributed by atoms with E-state index >= 15 is 0 Å². The van der Waals surface area contributed by atoms with Crippen LogP contribution in [0.2, 0.25) is 0 Å². The summed E-state index contributed by atoms with van der Waals surface area (Å²) in [5.41, 5.74) is 8.66. The van der Waals surface area contributed by atoms with Crippen molar-refractivity contribution in [2.45, 2.75) is 12.5 Å². The van der Waals surface area contributed by atoms with Crippen LogP contribution < -0.4 is 10.5 Å². The minimum absolute atomic E-state index is 0.356. The molecular formula is C17H20FNO2. The molecule has 0 aliphatic carbocycles. The number of halogens is 1. The van der Waals surface area contributed by atoms with Crippen LogP contribution in [0.15, 0.2) is 42.5 Å². The van der Waals surface area contributed by atoms with Crippen molar-refractivity contribution in [3.63, 3.8) is 0 Å². The SMILES string of the molecule is COCCc1ccc(C(N)c2ccc(OC)cc2F)cc1. The Balaban J connectivity index is 2.17. The van der Waals surface area contributed by atoms with Gasteiger partial charge in [-0.25, -0.2) is 4.39 Å². The molecule has 0 amide bonds. The van der Waals surface area contributed by atoms with E-state index in [2.05, 4.69) is 0 Å². The molecule has 3 nitrogen and oxygen atoms in total. The Morgan fingerprint density at radius 1 is 1.10 bits per heavy atom. The maximum Gasteiger partial charge on any atom is 0.132 e. The van der Waals surface area contributed by atoms with Crippen LogP contribution in [0.1, 0.15) is 22.7 Å². The van der Waals surface area contributed by atoms with Gasteiger partial charge < -0.3 is 15.2 Å². The second kappa shape index (κ2) is 7.20. The lowest BCUT2D eigenvalue weighted by Gasteiger charge is -2.15. The number of ether oxygens (including phenoxy) is 2. The normalized spacial score (nSPS) is 12.2. The summed E-state index contributed by atoms with van der Waals surface area (Å²) in [7, 11) is 3.18. The highest BCUT2D eigenvalue weighted by molar-refractivity contribution is 5.37. The molecule has 0 heterocycles. The van der Waals surface area contributed by atoms with Gasteiger partial charge in [-0.1, -0.05) is 30.3 Å². The average Bonchev–Trinajstić information content (AvgIpc) is 2.52. The highest BCUT2D eigenvalue weighted by Crippen LogP contribution is 2.25. The first-order valence-corrected chi connectivity index (χ1v) is 6.82. The summed E-state index contributed by atoms with van der Waals surface area (Å²) < 4.78 is 24.1. The molecule has 0 spiro atoms. The van der Waals surface area contributed by atoms with Gasteiger partial charge in [0.05, 0.1) is 19.8 Å². The topological polar surface area (TPSA) is 44.5 Å². The van der Waals surface area contributed by atoms with Gasteiger partial charge in [-0.3, -0.25) is 0 Å². The van der Waals surface area contributed by atoms with Crippen molar-refractivity contribution in [3.05, 3.63) is 65.0 Å². The summed E-state index contributed by atoms with van der Waals surface area (Å²) in [6, 6.07) is 12.1. The Kier molecular flexibility index (Phi) is 5.31. The van der Waals surface area contributed by atoms with E-state index < -0.39 is 6.04 Å². The van der Waals surface area contributed by atoms with Crippen LogP contribution in [-0.4, -0.2) is 20.8 Å². The fourth-order valence-electron chi connectivity index (χ4n) is 2.18. The highest BCUT2D eigenvalue weighted by Gasteiger charge is 2.14. The molecule has 0 saturated heterocycles. The van der Waals surface area contributed by atoms with Crippen molar-refractivity contribution in [1.82, 2.24) is 0 Å². The van der Waals surface area contributed by atoms with Crippen LogP contribution in [0, 0.1) is 5.82 Å². The van der Waals surface area contributed by atoms with Gasteiger partial charge in [0.15, 0.2) is 0 Å². The standard InChI is InChI=1S/C17H20FNO2/c1-20-10-9-12-3-5-13(6-4-12)17(19)15-8-7-14(21-2)11-16(15)18/h3-8,11,17H,9-10,19H2,1-2H3. The molecule has 4 heteroatoms. The van der Waals surface area contributed by atoms with Crippen LogP contribution in [0.4, 0.5) is 4.39 Å². The molecular weight excluding hydrogens is 269 g/mol. The van der Waals surface area contributed by atoms with E-state index in [0.29, 0.717) is 17.9 Å². The molecule has 2 rings (SSSR count). The van der Waals surface area contributed by atoms with Crippen molar-refractivity contribution in [2.75, 3.05) is 20.8 Å². The predicted molar refractivity (Wildman–Crippen MR) is 81.0 cm³/mol. The van der Waals surface area contributed by atoms with Gasteiger partial charge >= 0.3 is 0 Å². The van der Waals surface area contributed by atoms with Gasteiger partial charge in [-0.05, 0) is 23.6 Å². The molecule has 0 aromatic heterocycles. The van der Waals surface area contributed by atoms with E-state index in [1.54, 1.807) is 19.2 Å². The quantitative estimate of drug-likeness (QED) is 0.889. The highest BCUT2D eigenvalue weighted by atomic mass is 19.1. The Labute approximate surface area is 124 Å². The van der Waals surface area contributed by atoms with E-state index in [0.717, 1.165) is 12.0 Å². The zero-order valence-electron chi connectivity index (χ0n) is 12.3. The third kappa shape index (κ3) is 3.80. The second-order valence-corrected chi connectivity index (χ2v) is 4.85. The van der Waals surface area contributed by atoms with Crippen LogP contribution in [-0.2, 0) is 11.2 Å². The van der Waals surface area contributed by atoms with E-state index in [9.17, 15) is 4.39 Å². The summed E-state index contributed by atoms with van der Waals surface area (Å²) in [4.78, 5) is 0. The van der Waals surface area contributed by atoms with Crippen molar-refractivity contribution >= 4 is 0 Å². The van der Waals surface area contributed by atoms with E-state index in [-0.39, 0.29) is 5.82 Å². The Hall–Kier alpha value is -1.91. The molecule has 0 aliphatic heterocycles. The molecule has 0 radical (unpaired) electrons. The molecule has 1 unspecified atom stereocenters. The first-order valence-electron chi connectivity index (χ1n) is 6.82. The maximum atomic E-state index is 14.0. The number of methoxy groups -OCH3 is 2. The number of rotatable bonds is 6. The molecule has 21 heavy (non-hydrogen) atoms. The number of nitrogens with two attached hydrogens (primary N) is 1. The minimum Gasteiger partial charge on any atom is -0.497 e. The third-order valence-electron chi connectivity index (χ3n) is 3.48. The van der Waals surface area contributed by atoms with Gasteiger partial charge in [-0.2, -0.15) is 0 Å². The molecule has 0 saturated carbocycles. The van der Waals surface area contributed by atoms with E-state index in [1.165, 1.54) is 18.7 Å². The fourth-order valence-corrected chi connectivity index (χ4v) is 2.18. The van der Waals surface area contributed by atoms with Crippen molar-refractivity contribution in [1.29, 1.82) is 0 Å². The fraction of sp³-hybridized carbons (Fsp3) is 0.294. The zero-order valence-corrected chi connectivity index (χ0v) is 12.3. The van der Waals surface area contributed by atoms with Crippen LogP contribution in [0.25, 0.3) is 0 Å². The summed E-state index contributed by atoms with van der Waals surface area (Å²) in [6.07, 6.45) is 0.850. The lowest BCUT2D eigenvalue weighted by atomic mass is 9.97.